The van der Waals surface area contributed by atoms with Crippen LogP contribution in [-0.4, -0.2) is 51.5 Å². The number of aromatic nitrogens is 2. The molecule has 1 aliphatic heterocycles. The van der Waals surface area contributed by atoms with E-state index in [0.29, 0.717) is 12.4 Å². The van der Waals surface area contributed by atoms with Gasteiger partial charge in [-0.3, -0.25) is 9.59 Å². The Balaban J connectivity index is 1.67. The first-order valence-corrected chi connectivity index (χ1v) is 8.01. The molecular weight excluding hydrogens is 324 g/mol. The van der Waals surface area contributed by atoms with Gasteiger partial charge in [0, 0.05) is 13.7 Å². The van der Waals surface area contributed by atoms with Crippen molar-refractivity contribution in [3.8, 4) is 0 Å². The monoisotopic (exact) mass is 344 g/mol. The molecular formula is C17H20N4O4. The lowest BCUT2D eigenvalue weighted by Gasteiger charge is -2.38. The number of carbonyl (C=O) groups excluding carboxylic acids is 2. The van der Waals surface area contributed by atoms with E-state index < -0.39 is 6.04 Å². The second-order valence-corrected chi connectivity index (χ2v) is 5.91. The van der Waals surface area contributed by atoms with Crippen LogP contribution < -0.4 is 0 Å². The molecule has 2 aromatic rings. The number of hydrogen-bond donors (Lipinski definition) is 0. The third kappa shape index (κ3) is 3.85. The largest absolute Gasteiger partial charge is 0.377 e. The maximum absolute atomic E-state index is 12.6. The summed E-state index contributed by atoms with van der Waals surface area (Å²) in [6.45, 7) is 2.52. The summed E-state index contributed by atoms with van der Waals surface area (Å²) in [6.07, 6.45) is 0. The molecule has 2 heterocycles. The number of nitrogens with zero attached hydrogens (tertiary/aromatic N) is 4. The van der Waals surface area contributed by atoms with Gasteiger partial charge in [0.1, 0.15) is 25.7 Å². The molecule has 1 aliphatic rings. The van der Waals surface area contributed by atoms with Crippen LogP contribution in [0, 0.1) is 0 Å². The maximum atomic E-state index is 12.6. The highest BCUT2D eigenvalue weighted by Crippen LogP contribution is 2.18. The summed E-state index contributed by atoms with van der Waals surface area (Å²) in [6, 6.07) is 9.03. The summed E-state index contributed by atoms with van der Waals surface area (Å²) >= 11 is 0. The average molecular weight is 344 g/mol. The third-order valence-corrected chi connectivity index (χ3v) is 4.09. The van der Waals surface area contributed by atoms with Crippen LogP contribution in [0.15, 0.2) is 34.9 Å². The van der Waals surface area contributed by atoms with Gasteiger partial charge in [-0.25, -0.2) is 0 Å². The lowest BCUT2D eigenvalue weighted by molar-refractivity contribution is -0.156. The van der Waals surface area contributed by atoms with E-state index in [4.69, 9.17) is 9.26 Å². The number of piperazine rings is 1. The molecule has 2 amide bonds. The van der Waals surface area contributed by atoms with Crippen molar-refractivity contribution in [3.63, 3.8) is 0 Å². The van der Waals surface area contributed by atoms with E-state index in [1.54, 1.807) is 11.8 Å². The number of methoxy groups -OCH3 is 1. The zero-order chi connectivity index (χ0) is 17.8. The standard InChI is InChI=1S/C17H20N4O4/c1-12-17(23)20(8-13-6-4-3-5-7-13)10-16(22)21(12)9-15-18-14(11-24-2)19-25-15/h3-7,12H,8-11H2,1-2H3/t12-/m1/s1. The topological polar surface area (TPSA) is 88.8 Å². The Morgan fingerprint density at radius 3 is 2.72 bits per heavy atom. The number of rotatable bonds is 6. The number of carbonyl (C=O) groups is 2. The van der Waals surface area contributed by atoms with Gasteiger partial charge < -0.3 is 19.1 Å². The molecule has 0 bridgehead atoms. The molecule has 1 saturated heterocycles. The number of amides is 2. The van der Waals surface area contributed by atoms with Crippen molar-refractivity contribution in [2.45, 2.75) is 32.7 Å². The van der Waals surface area contributed by atoms with Gasteiger partial charge >= 0.3 is 0 Å². The molecule has 0 radical (unpaired) electrons. The fraction of sp³-hybridized carbons (Fsp3) is 0.412. The van der Waals surface area contributed by atoms with Gasteiger partial charge in [-0.15, -0.1) is 0 Å². The van der Waals surface area contributed by atoms with E-state index in [0.717, 1.165) is 5.56 Å². The van der Waals surface area contributed by atoms with Gasteiger partial charge in [0.15, 0.2) is 5.82 Å². The number of hydrogen-bond acceptors (Lipinski definition) is 6. The van der Waals surface area contributed by atoms with Crippen LogP contribution >= 0.6 is 0 Å². The van der Waals surface area contributed by atoms with E-state index in [2.05, 4.69) is 10.1 Å². The highest BCUT2D eigenvalue weighted by Gasteiger charge is 2.37. The Bertz CT molecular complexity index is 746. The van der Waals surface area contributed by atoms with E-state index in [-0.39, 0.29) is 37.4 Å². The van der Waals surface area contributed by atoms with Crippen molar-refractivity contribution >= 4 is 11.8 Å². The van der Waals surface area contributed by atoms with Crippen molar-refractivity contribution < 1.29 is 18.8 Å². The molecule has 1 atom stereocenters. The smallest absolute Gasteiger partial charge is 0.246 e. The average Bonchev–Trinajstić information content (AvgIpc) is 3.05. The van der Waals surface area contributed by atoms with E-state index in [1.807, 2.05) is 30.3 Å². The van der Waals surface area contributed by atoms with Gasteiger partial charge in [-0.2, -0.15) is 4.98 Å². The lowest BCUT2D eigenvalue weighted by Crippen LogP contribution is -2.58. The molecule has 132 valence electrons. The molecule has 0 N–H and O–H groups in total. The molecule has 0 aliphatic carbocycles. The minimum Gasteiger partial charge on any atom is -0.377 e. The fourth-order valence-corrected chi connectivity index (χ4v) is 2.80. The Morgan fingerprint density at radius 1 is 1.24 bits per heavy atom. The second-order valence-electron chi connectivity index (χ2n) is 5.91. The molecule has 1 aromatic carbocycles. The van der Waals surface area contributed by atoms with Gasteiger partial charge in [-0.1, -0.05) is 35.5 Å². The van der Waals surface area contributed by atoms with Crippen molar-refractivity contribution in [1.82, 2.24) is 19.9 Å². The van der Waals surface area contributed by atoms with Crippen molar-refractivity contribution in [1.29, 1.82) is 0 Å². The second kappa shape index (κ2) is 7.43. The Kier molecular flexibility index (Phi) is 5.08. The number of benzene rings is 1. The molecule has 0 saturated carbocycles. The fourth-order valence-electron chi connectivity index (χ4n) is 2.80. The SMILES string of the molecule is COCc1noc(CN2C(=O)CN(Cc3ccccc3)C(=O)[C@H]2C)n1. The van der Waals surface area contributed by atoms with Gasteiger partial charge in [0.2, 0.25) is 17.7 Å². The summed E-state index contributed by atoms with van der Waals surface area (Å²) in [4.78, 5) is 32.3. The Hall–Kier alpha value is -2.74. The predicted molar refractivity (Wildman–Crippen MR) is 86.9 cm³/mol. The molecule has 1 fully saturated rings. The molecule has 1 aromatic heterocycles. The van der Waals surface area contributed by atoms with Gasteiger partial charge in [0.25, 0.3) is 0 Å². The van der Waals surface area contributed by atoms with Crippen LogP contribution in [0.5, 0.6) is 0 Å². The summed E-state index contributed by atoms with van der Waals surface area (Å²) in [5.74, 6) is 0.456. The Labute approximate surface area is 145 Å². The van der Waals surface area contributed by atoms with Gasteiger partial charge in [0.05, 0.1) is 0 Å². The van der Waals surface area contributed by atoms with Crippen LogP contribution in [0.25, 0.3) is 0 Å². The molecule has 3 rings (SSSR count). The first kappa shape index (κ1) is 17.1. The number of ether oxygens (including phenoxy) is 1. The summed E-state index contributed by atoms with van der Waals surface area (Å²) < 4.78 is 10.0. The van der Waals surface area contributed by atoms with Crippen LogP contribution in [0.3, 0.4) is 0 Å². The van der Waals surface area contributed by atoms with Crippen LogP contribution in [0.2, 0.25) is 0 Å². The van der Waals surface area contributed by atoms with Crippen molar-refractivity contribution in [2.75, 3.05) is 13.7 Å². The lowest BCUT2D eigenvalue weighted by atomic mass is 10.1. The third-order valence-electron chi connectivity index (χ3n) is 4.09. The minimum atomic E-state index is -0.581. The van der Waals surface area contributed by atoms with Crippen molar-refractivity contribution in [3.05, 3.63) is 47.6 Å². The molecule has 8 nitrogen and oxygen atoms in total. The van der Waals surface area contributed by atoms with Crippen LogP contribution in [-0.2, 0) is 34.0 Å². The normalized spacial score (nSPS) is 18.1. The zero-order valence-electron chi connectivity index (χ0n) is 14.2. The first-order chi connectivity index (χ1) is 12.1. The molecule has 25 heavy (non-hydrogen) atoms. The van der Waals surface area contributed by atoms with E-state index >= 15 is 0 Å². The summed E-state index contributed by atoms with van der Waals surface area (Å²) in [5.41, 5.74) is 0.991. The molecule has 0 unspecified atom stereocenters. The minimum absolute atomic E-state index is 0.0388. The summed E-state index contributed by atoms with van der Waals surface area (Å²) in [7, 11) is 1.53. The highest BCUT2D eigenvalue weighted by molar-refractivity contribution is 5.94. The van der Waals surface area contributed by atoms with Crippen LogP contribution in [0.4, 0.5) is 0 Å². The maximum Gasteiger partial charge on any atom is 0.246 e. The first-order valence-electron chi connectivity index (χ1n) is 8.01. The molecule has 8 heteroatoms. The predicted octanol–water partition coefficient (Wildman–Crippen LogP) is 0.975. The summed E-state index contributed by atoms with van der Waals surface area (Å²) in [5, 5.41) is 3.77. The van der Waals surface area contributed by atoms with E-state index in [1.165, 1.54) is 12.0 Å². The molecule has 0 spiro atoms. The quantitative estimate of drug-likeness (QED) is 0.776. The van der Waals surface area contributed by atoms with Gasteiger partial charge in [-0.05, 0) is 12.5 Å². The van der Waals surface area contributed by atoms with Crippen LogP contribution in [0.1, 0.15) is 24.2 Å². The Morgan fingerprint density at radius 2 is 2.00 bits per heavy atom. The zero-order valence-corrected chi connectivity index (χ0v) is 14.2. The highest BCUT2D eigenvalue weighted by atomic mass is 16.5. The van der Waals surface area contributed by atoms with E-state index in [9.17, 15) is 9.59 Å². The van der Waals surface area contributed by atoms with Crippen molar-refractivity contribution in [2.24, 2.45) is 0 Å².